The van der Waals surface area contributed by atoms with Crippen LogP contribution in [0.2, 0.25) is 0 Å². The van der Waals surface area contributed by atoms with Crippen LogP contribution >= 0.6 is 0 Å². The van der Waals surface area contributed by atoms with Crippen molar-refractivity contribution >= 4 is 5.91 Å². The standard InChI is InChI=1S/C16H22N4O/c1-12(14-7-5-6-10-17-14)20(4)11-13-8-9-15(18-13)16(21)19(2)3/h5-10,12,18H,11H2,1-4H3/t12-/m0/s1. The maximum Gasteiger partial charge on any atom is 0.269 e. The Morgan fingerprint density at radius 1 is 1.24 bits per heavy atom. The van der Waals surface area contributed by atoms with E-state index >= 15 is 0 Å². The summed E-state index contributed by atoms with van der Waals surface area (Å²) in [4.78, 5) is 23.2. The summed E-state index contributed by atoms with van der Waals surface area (Å²) in [5, 5.41) is 0. The topological polar surface area (TPSA) is 52.2 Å². The maximum absolute atomic E-state index is 11.9. The molecule has 112 valence electrons. The van der Waals surface area contributed by atoms with E-state index in [-0.39, 0.29) is 11.9 Å². The monoisotopic (exact) mass is 286 g/mol. The van der Waals surface area contributed by atoms with Gasteiger partial charge in [-0.1, -0.05) is 6.07 Å². The molecule has 2 heterocycles. The van der Waals surface area contributed by atoms with Crippen LogP contribution in [-0.4, -0.2) is 46.8 Å². The van der Waals surface area contributed by atoms with Gasteiger partial charge in [0.05, 0.1) is 5.69 Å². The van der Waals surface area contributed by atoms with E-state index in [0.717, 1.165) is 17.9 Å². The molecule has 2 rings (SSSR count). The van der Waals surface area contributed by atoms with Crippen LogP contribution in [0.25, 0.3) is 0 Å². The molecule has 0 saturated carbocycles. The van der Waals surface area contributed by atoms with E-state index in [1.807, 2.05) is 43.6 Å². The minimum Gasteiger partial charge on any atom is -0.353 e. The number of nitrogens with one attached hydrogen (secondary N) is 1. The second-order valence-electron chi connectivity index (χ2n) is 5.44. The van der Waals surface area contributed by atoms with Gasteiger partial charge < -0.3 is 9.88 Å². The molecule has 0 bridgehead atoms. The fourth-order valence-electron chi connectivity index (χ4n) is 2.15. The highest BCUT2D eigenvalue weighted by Crippen LogP contribution is 2.18. The van der Waals surface area contributed by atoms with Crippen LogP contribution in [0.1, 0.15) is 34.8 Å². The molecule has 0 spiro atoms. The molecule has 0 saturated heterocycles. The number of hydrogen-bond acceptors (Lipinski definition) is 3. The predicted octanol–water partition coefficient (Wildman–Crippen LogP) is 2.30. The lowest BCUT2D eigenvalue weighted by Gasteiger charge is -2.23. The van der Waals surface area contributed by atoms with E-state index in [0.29, 0.717) is 5.69 Å². The van der Waals surface area contributed by atoms with Gasteiger partial charge in [-0.3, -0.25) is 14.7 Å². The zero-order valence-electron chi connectivity index (χ0n) is 13.0. The first kappa shape index (κ1) is 15.3. The second-order valence-corrected chi connectivity index (χ2v) is 5.44. The normalized spacial score (nSPS) is 12.4. The molecule has 0 aliphatic heterocycles. The molecule has 0 aromatic carbocycles. The summed E-state index contributed by atoms with van der Waals surface area (Å²) in [6, 6.07) is 9.93. The highest BCUT2D eigenvalue weighted by Gasteiger charge is 2.15. The summed E-state index contributed by atoms with van der Waals surface area (Å²) in [6.07, 6.45) is 1.81. The van der Waals surface area contributed by atoms with Crippen LogP contribution < -0.4 is 0 Å². The minimum absolute atomic E-state index is 0.0123. The number of carbonyl (C=O) groups excluding carboxylic acids is 1. The van der Waals surface area contributed by atoms with Crippen molar-refractivity contribution in [2.24, 2.45) is 0 Å². The van der Waals surface area contributed by atoms with Gasteiger partial charge in [-0.15, -0.1) is 0 Å². The van der Waals surface area contributed by atoms with Gasteiger partial charge in [0, 0.05) is 38.6 Å². The van der Waals surface area contributed by atoms with Crippen molar-refractivity contribution in [2.75, 3.05) is 21.1 Å². The van der Waals surface area contributed by atoms with Crippen LogP contribution in [0.3, 0.4) is 0 Å². The maximum atomic E-state index is 11.9. The molecule has 5 heteroatoms. The van der Waals surface area contributed by atoms with Crippen LogP contribution in [0.15, 0.2) is 36.5 Å². The zero-order valence-corrected chi connectivity index (χ0v) is 13.0. The molecular formula is C16H22N4O. The van der Waals surface area contributed by atoms with Gasteiger partial charge in [-0.05, 0) is 38.2 Å². The van der Waals surface area contributed by atoms with E-state index in [4.69, 9.17) is 0 Å². The van der Waals surface area contributed by atoms with Crippen molar-refractivity contribution in [3.63, 3.8) is 0 Å². The highest BCUT2D eigenvalue weighted by atomic mass is 16.2. The predicted molar refractivity (Wildman–Crippen MR) is 82.9 cm³/mol. The Morgan fingerprint density at radius 2 is 2.00 bits per heavy atom. The van der Waals surface area contributed by atoms with Crippen molar-refractivity contribution in [1.82, 2.24) is 19.8 Å². The summed E-state index contributed by atoms with van der Waals surface area (Å²) in [5.74, 6) is -0.0123. The van der Waals surface area contributed by atoms with Crippen molar-refractivity contribution in [1.29, 1.82) is 0 Å². The number of aromatic nitrogens is 2. The smallest absolute Gasteiger partial charge is 0.269 e. The van der Waals surface area contributed by atoms with E-state index in [1.165, 1.54) is 0 Å². The van der Waals surface area contributed by atoms with Crippen molar-refractivity contribution < 1.29 is 4.79 Å². The van der Waals surface area contributed by atoms with Crippen molar-refractivity contribution in [3.05, 3.63) is 53.6 Å². The average molecular weight is 286 g/mol. The molecule has 5 nitrogen and oxygen atoms in total. The number of pyridine rings is 1. The first-order valence-corrected chi connectivity index (χ1v) is 6.99. The van der Waals surface area contributed by atoms with Crippen LogP contribution in [0.4, 0.5) is 0 Å². The Morgan fingerprint density at radius 3 is 2.62 bits per heavy atom. The Hall–Kier alpha value is -2.14. The molecule has 0 radical (unpaired) electrons. The molecule has 2 aromatic heterocycles. The van der Waals surface area contributed by atoms with Crippen LogP contribution in [-0.2, 0) is 6.54 Å². The van der Waals surface area contributed by atoms with Gasteiger partial charge in [0.1, 0.15) is 5.69 Å². The quantitative estimate of drug-likeness (QED) is 0.917. The highest BCUT2D eigenvalue weighted by molar-refractivity contribution is 5.92. The molecule has 21 heavy (non-hydrogen) atoms. The summed E-state index contributed by atoms with van der Waals surface area (Å²) >= 11 is 0. The molecule has 0 unspecified atom stereocenters. The second kappa shape index (κ2) is 6.54. The van der Waals surface area contributed by atoms with Crippen molar-refractivity contribution in [2.45, 2.75) is 19.5 Å². The van der Waals surface area contributed by atoms with Gasteiger partial charge in [0.25, 0.3) is 5.91 Å². The third-order valence-corrected chi connectivity index (χ3v) is 3.58. The first-order valence-electron chi connectivity index (χ1n) is 6.99. The average Bonchev–Trinajstić information content (AvgIpc) is 2.94. The van der Waals surface area contributed by atoms with E-state index < -0.39 is 0 Å². The lowest BCUT2D eigenvalue weighted by molar-refractivity contribution is 0.0822. The van der Waals surface area contributed by atoms with Gasteiger partial charge in [-0.2, -0.15) is 0 Å². The van der Waals surface area contributed by atoms with Gasteiger partial charge in [0.2, 0.25) is 0 Å². The Bertz CT molecular complexity index is 591. The number of amides is 1. The number of nitrogens with zero attached hydrogens (tertiary/aromatic N) is 3. The molecule has 1 amide bonds. The first-order chi connectivity index (χ1) is 9.99. The summed E-state index contributed by atoms with van der Waals surface area (Å²) in [5.41, 5.74) is 2.68. The number of rotatable bonds is 5. The van der Waals surface area contributed by atoms with E-state index in [9.17, 15) is 4.79 Å². The van der Waals surface area contributed by atoms with E-state index in [2.05, 4.69) is 21.8 Å². The lowest BCUT2D eigenvalue weighted by atomic mass is 10.2. The third-order valence-electron chi connectivity index (χ3n) is 3.58. The minimum atomic E-state index is -0.0123. The van der Waals surface area contributed by atoms with E-state index in [1.54, 1.807) is 19.0 Å². The SMILES string of the molecule is C[C@@H](c1ccccn1)N(C)Cc1ccc(C(=O)N(C)C)[nH]1. The Kier molecular flexibility index (Phi) is 4.75. The van der Waals surface area contributed by atoms with Gasteiger partial charge >= 0.3 is 0 Å². The molecule has 0 aliphatic rings. The summed E-state index contributed by atoms with van der Waals surface area (Å²) < 4.78 is 0. The van der Waals surface area contributed by atoms with Crippen LogP contribution in [0.5, 0.6) is 0 Å². The molecule has 0 aliphatic carbocycles. The third kappa shape index (κ3) is 3.70. The summed E-state index contributed by atoms with van der Waals surface area (Å²) in [6.45, 7) is 2.86. The summed E-state index contributed by atoms with van der Waals surface area (Å²) in [7, 11) is 5.55. The Labute approximate surface area is 125 Å². The molecule has 1 atom stereocenters. The molecule has 2 aromatic rings. The fourth-order valence-corrected chi connectivity index (χ4v) is 2.15. The molecule has 0 fully saturated rings. The molecular weight excluding hydrogens is 264 g/mol. The van der Waals surface area contributed by atoms with Gasteiger partial charge in [0.15, 0.2) is 0 Å². The largest absolute Gasteiger partial charge is 0.353 e. The zero-order chi connectivity index (χ0) is 15.4. The number of carbonyl (C=O) groups is 1. The lowest BCUT2D eigenvalue weighted by Crippen LogP contribution is -2.24. The van der Waals surface area contributed by atoms with Crippen LogP contribution in [0, 0.1) is 0 Å². The van der Waals surface area contributed by atoms with Gasteiger partial charge in [-0.25, -0.2) is 0 Å². The Balaban J connectivity index is 2.03. The number of H-pyrrole nitrogens is 1. The van der Waals surface area contributed by atoms with Crippen molar-refractivity contribution in [3.8, 4) is 0 Å². The number of hydrogen-bond donors (Lipinski definition) is 1. The molecule has 1 N–H and O–H groups in total. The fraction of sp³-hybridized carbons (Fsp3) is 0.375. The number of aromatic amines is 1.